The van der Waals surface area contributed by atoms with Crippen molar-refractivity contribution in [2.75, 3.05) is 36.0 Å². The minimum Gasteiger partial charge on any atom is -0.370 e. The predicted molar refractivity (Wildman–Crippen MR) is 106 cm³/mol. The molecule has 3 aromatic rings. The fourth-order valence-corrected chi connectivity index (χ4v) is 3.41. The molecule has 0 radical (unpaired) electrons. The Kier molecular flexibility index (Phi) is 5.52. The van der Waals surface area contributed by atoms with E-state index in [0.717, 1.165) is 18.2 Å². The number of aromatic nitrogens is 3. The molecule has 2 aromatic heterocycles. The number of halogens is 4. The minimum atomic E-state index is -4.59. The van der Waals surface area contributed by atoms with Gasteiger partial charge in [-0.05, 0) is 42.8 Å². The maximum atomic E-state index is 13.5. The number of nitrogens with zero attached hydrogens (tertiary/aromatic N) is 5. The van der Waals surface area contributed by atoms with E-state index in [0.29, 0.717) is 26.2 Å². The van der Waals surface area contributed by atoms with Crippen LogP contribution in [-0.2, 0) is 6.18 Å². The van der Waals surface area contributed by atoms with Crippen LogP contribution in [0.25, 0.3) is 11.5 Å². The van der Waals surface area contributed by atoms with E-state index < -0.39 is 11.9 Å². The van der Waals surface area contributed by atoms with E-state index >= 15 is 0 Å². The third-order valence-corrected chi connectivity index (χ3v) is 4.91. The van der Waals surface area contributed by atoms with Gasteiger partial charge in [0.2, 0.25) is 0 Å². The van der Waals surface area contributed by atoms with Crippen LogP contribution in [0.15, 0.2) is 54.7 Å². The Morgan fingerprint density at radius 2 is 1.57 bits per heavy atom. The van der Waals surface area contributed by atoms with Crippen molar-refractivity contribution in [1.82, 2.24) is 15.0 Å². The summed E-state index contributed by atoms with van der Waals surface area (Å²) in [5, 5.41) is 0. The molecule has 1 aliphatic heterocycles. The lowest BCUT2D eigenvalue weighted by Crippen LogP contribution is -2.31. The molecule has 0 aliphatic carbocycles. The topological polar surface area (TPSA) is 45.2 Å². The van der Waals surface area contributed by atoms with Gasteiger partial charge in [0.1, 0.15) is 17.3 Å². The maximum absolute atomic E-state index is 13.5. The number of hydrogen-bond acceptors (Lipinski definition) is 5. The molecule has 0 N–H and O–H groups in total. The Morgan fingerprint density at radius 1 is 0.833 bits per heavy atom. The Labute approximate surface area is 171 Å². The Morgan fingerprint density at radius 3 is 2.27 bits per heavy atom. The van der Waals surface area contributed by atoms with Crippen molar-refractivity contribution in [3.63, 3.8) is 0 Å². The smallest absolute Gasteiger partial charge is 0.370 e. The Balaban J connectivity index is 1.62. The van der Waals surface area contributed by atoms with Gasteiger partial charge >= 0.3 is 6.18 Å². The first-order valence-electron chi connectivity index (χ1n) is 9.53. The van der Waals surface area contributed by atoms with Crippen LogP contribution >= 0.6 is 0 Å². The van der Waals surface area contributed by atoms with Gasteiger partial charge in [-0.25, -0.2) is 14.4 Å². The first-order valence-corrected chi connectivity index (χ1v) is 9.53. The van der Waals surface area contributed by atoms with Crippen LogP contribution in [0.1, 0.15) is 12.1 Å². The molecular weight excluding hydrogens is 398 g/mol. The van der Waals surface area contributed by atoms with Crippen molar-refractivity contribution in [1.29, 1.82) is 0 Å². The van der Waals surface area contributed by atoms with Gasteiger partial charge in [0.05, 0.1) is 0 Å². The van der Waals surface area contributed by atoms with Gasteiger partial charge in [0.25, 0.3) is 0 Å². The van der Waals surface area contributed by atoms with Gasteiger partial charge < -0.3 is 9.80 Å². The lowest BCUT2D eigenvalue weighted by atomic mass is 10.2. The second kappa shape index (κ2) is 8.25. The van der Waals surface area contributed by atoms with Crippen molar-refractivity contribution in [2.45, 2.75) is 12.6 Å². The quantitative estimate of drug-likeness (QED) is 0.591. The normalized spacial score (nSPS) is 15.2. The summed E-state index contributed by atoms with van der Waals surface area (Å²) in [5.74, 6) is -0.142. The number of hydrogen-bond donors (Lipinski definition) is 0. The van der Waals surface area contributed by atoms with Crippen LogP contribution in [0, 0.1) is 5.82 Å². The lowest BCUT2D eigenvalue weighted by Gasteiger charge is -2.25. The van der Waals surface area contributed by atoms with Gasteiger partial charge in [0.15, 0.2) is 11.5 Å². The summed E-state index contributed by atoms with van der Waals surface area (Å²) in [6, 6.07) is 12.1. The largest absolute Gasteiger partial charge is 0.433 e. The zero-order chi connectivity index (χ0) is 21.1. The second-order valence-electron chi connectivity index (χ2n) is 6.95. The molecule has 30 heavy (non-hydrogen) atoms. The first kappa shape index (κ1) is 20.1. The van der Waals surface area contributed by atoms with Gasteiger partial charge in [0, 0.05) is 44.1 Å². The average molecular weight is 417 g/mol. The molecule has 0 atom stereocenters. The summed E-state index contributed by atoms with van der Waals surface area (Å²) in [5.41, 5.74) is 0.173. The standard InChI is InChI=1S/C21H19F4N5/c22-15-5-7-16(8-6-15)29-10-3-11-30(13-12-29)19-14-18(21(23,24)25)27-20(28-19)17-4-1-2-9-26-17/h1-2,4-9,14H,3,10-13H2. The summed E-state index contributed by atoms with van der Waals surface area (Å²) in [6.45, 7) is 2.32. The van der Waals surface area contributed by atoms with Crippen LogP contribution in [0.5, 0.6) is 0 Å². The summed E-state index contributed by atoms with van der Waals surface area (Å²) < 4.78 is 53.6. The molecule has 0 amide bonds. The maximum Gasteiger partial charge on any atom is 0.433 e. The van der Waals surface area contributed by atoms with E-state index in [1.54, 1.807) is 30.3 Å². The third-order valence-electron chi connectivity index (χ3n) is 4.91. The highest BCUT2D eigenvalue weighted by Gasteiger charge is 2.34. The number of pyridine rings is 1. The van der Waals surface area contributed by atoms with E-state index in [1.165, 1.54) is 18.3 Å². The molecule has 4 rings (SSSR count). The fourth-order valence-electron chi connectivity index (χ4n) is 3.41. The van der Waals surface area contributed by atoms with Gasteiger partial charge in [-0.15, -0.1) is 0 Å². The van der Waals surface area contributed by atoms with E-state index in [4.69, 9.17) is 0 Å². The molecule has 1 aromatic carbocycles. The summed E-state index contributed by atoms with van der Waals surface area (Å²) in [6.07, 6.45) is -2.37. The van der Waals surface area contributed by atoms with Crippen molar-refractivity contribution < 1.29 is 17.6 Å². The highest BCUT2D eigenvalue weighted by atomic mass is 19.4. The molecule has 0 spiro atoms. The molecule has 0 unspecified atom stereocenters. The zero-order valence-corrected chi connectivity index (χ0v) is 16.0. The van der Waals surface area contributed by atoms with Crippen LogP contribution in [0.3, 0.4) is 0 Å². The molecule has 1 aliphatic rings. The van der Waals surface area contributed by atoms with Crippen molar-refractivity contribution in [2.24, 2.45) is 0 Å². The first-order chi connectivity index (χ1) is 14.4. The SMILES string of the molecule is Fc1ccc(N2CCCN(c3cc(C(F)(F)F)nc(-c4ccccn4)n3)CC2)cc1. The Hall–Kier alpha value is -3.23. The zero-order valence-electron chi connectivity index (χ0n) is 16.0. The van der Waals surface area contributed by atoms with E-state index in [9.17, 15) is 17.6 Å². The van der Waals surface area contributed by atoms with Crippen LogP contribution < -0.4 is 9.80 Å². The molecular formula is C21H19F4N5. The molecule has 0 saturated carbocycles. The number of alkyl halides is 3. The highest BCUT2D eigenvalue weighted by Crippen LogP contribution is 2.31. The fraction of sp³-hybridized carbons (Fsp3) is 0.286. The van der Waals surface area contributed by atoms with Crippen LogP contribution in [-0.4, -0.2) is 41.1 Å². The molecule has 5 nitrogen and oxygen atoms in total. The third kappa shape index (κ3) is 4.50. The van der Waals surface area contributed by atoms with E-state index in [2.05, 4.69) is 19.9 Å². The van der Waals surface area contributed by atoms with Crippen molar-refractivity contribution in [3.8, 4) is 11.5 Å². The molecule has 0 bridgehead atoms. The molecule has 1 saturated heterocycles. The molecule has 3 heterocycles. The highest BCUT2D eigenvalue weighted by molar-refractivity contribution is 5.55. The van der Waals surface area contributed by atoms with Crippen molar-refractivity contribution >= 4 is 11.5 Å². The molecule has 1 fully saturated rings. The van der Waals surface area contributed by atoms with Crippen LogP contribution in [0.4, 0.5) is 29.1 Å². The second-order valence-corrected chi connectivity index (χ2v) is 6.95. The van der Waals surface area contributed by atoms with Crippen LogP contribution in [0.2, 0.25) is 0 Å². The lowest BCUT2D eigenvalue weighted by molar-refractivity contribution is -0.141. The monoisotopic (exact) mass is 417 g/mol. The minimum absolute atomic E-state index is 0.0555. The Bertz CT molecular complexity index is 993. The summed E-state index contributed by atoms with van der Waals surface area (Å²) >= 11 is 0. The van der Waals surface area contributed by atoms with E-state index in [-0.39, 0.29) is 23.2 Å². The van der Waals surface area contributed by atoms with Gasteiger partial charge in [-0.1, -0.05) is 6.07 Å². The molecule has 9 heteroatoms. The van der Waals surface area contributed by atoms with Crippen molar-refractivity contribution in [3.05, 3.63) is 66.2 Å². The molecule has 156 valence electrons. The number of anilines is 2. The van der Waals surface area contributed by atoms with Gasteiger partial charge in [-0.3, -0.25) is 4.98 Å². The summed E-state index contributed by atoms with van der Waals surface area (Å²) in [4.78, 5) is 16.1. The van der Waals surface area contributed by atoms with E-state index in [1.807, 2.05) is 4.90 Å². The average Bonchev–Trinajstić information content (AvgIpc) is 3.00. The summed E-state index contributed by atoms with van der Waals surface area (Å²) in [7, 11) is 0. The predicted octanol–water partition coefficient (Wildman–Crippen LogP) is 4.41. The van der Waals surface area contributed by atoms with Gasteiger partial charge in [-0.2, -0.15) is 13.2 Å². The number of rotatable bonds is 3. The number of benzene rings is 1.